The number of rotatable bonds is 7. The largest absolute Gasteiger partial charge is 0.464 e. The Morgan fingerprint density at radius 1 is 1.22 bits per heavy atom. The number of esters is 2. The molecule has 144 valence electrons. The first-order valence-electron chi connectivity index (χ1n) is 8.48. The van der Waals surface area contributed by atoms with Gasteiger partial charge in [0.05, 0.1) is 7.11 Å². The van der Waals surface area contributed by atoms with Crippen molar-refractivity contribution in [2.45, 2.75) is 31.5 Å². The summed E-state index contributed by atoms with van der Waals surface area (Å²) in [4.78, 5) is 41.1. The quantitative estimate of drug-likeness (QED) is 0.488. The number of nitrogens with zero attached hydrogens (tertiary/aromatic N) is 2. The minimum atomic E-state index is -0.843. The van der Waals surface area contributed by atoms with E-state index < -0.39 is 23.2 Å². The standard InChI is InChI=1S/C19H21BrN2O5/c1-4-5-6-14(23)27-16-15(19(25)26-3)21-17(22(2)18(16)24)13-9-7-12(11-20)8-10-13/h7-10H,4-6,11H2,1-3H3. The van der Waals surface area contributed by atoms with Crippen molar-refractivity contribution in [3.05, 3.63) is 45.9 Å². The molecule has 0 saturated carbocycles. The summed E-state index contributed by atoms with van der Waals surface area (Å²) < 4.78 is 11.1. The second-order valence-electron chi connectivity index (χ2n) is 5.88. The van der Waals surface area contributed by atoms with E-state index in [1.807, 2.05) is 19.1 Å². The van der Waals surface area contributed by atoms with Gasteiger partial charge < -0.3 is 9.47 Å². The smallest absolute Gasteiger partial charge is 0.360 e. The van der Waals surface area contributed by atoms with Gasteiger partial charge in [-0.2, -0.15) is 0 Å². The molecule has 0 unspecified atom stereocenters. The zero-order chi connectivity index (χ0) is 20.0. The Bertz CT molecular complexity index is 890. The minimum Gasteiger partial charge on any atom is -0.464 e. The number of ether oxygens (including phenoxy) is 2. The number of halogens is 1. The molecule has 1 aromatic heterocycles. The Morgan fingerprint density at radius 3 is 2.44 bits per heavy atom. The van der Waals surface area contributed by atoms with Gasteiger partial charge in [-0.1, -0.05) is 53.5 Å². The molecule has 0 spiro atoms. The fourth-order valence-corrected chi connectivity index (χ4v) is 2.77. The van der Waals surface area contributed by atoms with Gasteiger partial charge in [0.15, 0.2) is 5.69 Å². The highest BCUT2D eigenvalue weighted by Crippen LogP contribution is 2.22. The third-order valence-corrected chi connectivity index (χ3v) is 4.59. The Balaban J connectivity index is 2.55. The van der Waals surface area contributed by atoms with E-state index in [1.54, 1.807) is 12.1 Å². The van der Waals surface area contributed by atoms with Gasteiger partial charge in [-0.3, -0.25) is 14.2 Å². The van der Waals surface area contributed by atoms with E-state index in [0.717, 1.165) is 12.0 Å². The van der Waals surface area contributed by atoms with E-state index in [9.17, 15) is 14.4 Å². The Kier molecular flexibility index (Phi) is 7.29. The number of hydrogen-bond donors (Lipinski definition) is 0. The fourth-order valence-electron chi connectivity index (χ4n) is 2.40. The molecule has 27 heavy (non-hydrogen) atoms. The second-order valence-corrected chi connectivity index (χ2v) is 6.44. The van der Waals surface area contributed by atoms with Crippen LogP contribution in [0.25, 0.3) is 11.4 Å². The highest BCUT2D eigenvalue weighted by Gasteiger charge is 2.25. The van der Waals surface area contributed by atoms with Crippen molar-refractivity contribution >= 4 is 27.9 Å². The topological polar surface area (TPSA) is 87.5 Å². The third-order valence-electron chi connectivity index (χ3n) is 3.94. The van der Waals surface area contributed by atoms with Crippen LogP contribution in [0, 0.1) is 0 Å². The molecule has 0 bridgehead atoms. The van der Waals surface area contributed by atoms with Crippen LogP contribution in [0.1, 0.15) is 42.2 Å². The fraction of sp³-hybridized carbons (Fsp3) is 0.368. The van der Waals surface area contributed by atoms with Crippen LogP contribution in [0.4, 0.5) is 0 Å². The molecule has 2 rings (SSSR count). The van der Waals surface area contributed by atoms with Crippen LogP contribution in [0.2, 0.25) is 0 Å². The molecule has 1 heterocycles. The number of benzene rings is 1. The SMILES string of the molecule is CCCCC(=O)Oc1c(C(=O)OC)nc(-c2ccc(CBr)cc2)n(C)c1=O. The summed E-state index contributed by atoms with van der Waals surface area (Å²) in [7, 11) is 2.68. The van der Waals surface area contributed by atoms with Crippen molar-refractivity contribution in [1.82, 2.24) is 9.55 Å². The molecule has 0 atom stereocenters. The van der Waals surface area contributed by atoms with Crippen LogP contribution in [0.15, 0.2) is 29.1 Å². The van der Waals surface area contributed by atoms with Crippen LogP contribution in [-0.4, -0.2) is 28.6 Å². The van der Waals surface area contributed by atoms with Gasteiger partial charge in [-0.15, -0.1) is 0 Å². The van der Waals surface area contributed by atoms with E-state index in [-0.39, 0.29) is 17.9 Å². The van der Waals surface area contributed by atoms with Crippen LogP contribution < -0.4 is 10.3 Å². The zero-order valence-electron chi connectivity index (χ0n) is 15.5. The van der Waals surface area contributed by atoms with Crippen molar-refractivity contribution < 1.29 is 19.1 Å². The molecule has 7 nitrogen and oxygen atoms in total. The molecule has 2 aromatic rings. The van der Waals surface area contributed by atoms with Gasteiger partial charge in [0.1, 0.15) is 5.82 Å². The van der Waals surface area contributed by atoms with Crippen molar-refractivity contribution in [2.24, 2.45) is 7.05 Å². The van der Waals surface area contributed by atoms with Crippen LogP contribution in [0.3, 0.4) is 0 Å². The molecular formula is C19H21BrN2O5. The van der Waals surface area contributed by atoms with E-state index in [2.05, 4.69) is 20.9 Å². The van der Waals surface area contributed by atoms with E-state index >= 15 is 0 Å². The van der Waals surface area contributed by atoms with Crippen LogP contribution in [0.5, 0.6) is 5.75 Å². The highest BCUT2D eigenvalue weighted by atomic mass is 79.9. The maximum atomic E-state index is 12.8. The number of aromatic nitrogens is 2. The number of carbonyl (C=O) groups excluding carboxylic acids is 2. The van der Waals surface area contributed by atoms with Gasteiger partial charge >= 0.3 is 11.9 Å². The summed E-state index contributed by atoms with van der Waals surface area (Å²) in [6.45, 7) is 1.93. The summed E-state index contributed by atoms with van der Waals surface area (Å²) in [5.74, 6) is -1.57. The molecular weight excluding hydrogens is 416 g/mol. The van der Waals surface area contributed by atoms with Gasteiger partial charge in [-0.25, -0.2) is 9.78 Å². The maximum absolute atomic E-state index is 12.8. The number of methoxy groups -OCH3 is 1. The highest BCUT2D eigenvalue weighted by molar-refractivity contribution is 9.08. The van der Waals surface area contributed by atoms with Crippen LogP contribution in [-0.2, 0) is 21.9 Å². The average Bonchev–Trinajstić information content (AvgIpc) is 2.69. The van der Waals surface area contributed by atoms with Crippen molar-refractivity contribution in [2.75, 3.05) is 7.11 Å². The van der Waals surface area contributed by atoms with Gasteiger partial charge in [0.25, 0.3) is 5.56 Å². The lowest BCUT2D eigenvalue weighted by atomic mass is 10.1. The predicted octanol–water partition coefficient (Wildman–Crippen LogP) is 3.22. The first-order chi connectivity index (χ1) is 12.9. The van der Waals surface area contributed by atoms with Crippen molar-refractivity contribution in [1.29, 1.82) is 0 Å². The van der Waals surface area contributed by atoms with Crippen molar-refractivity contribution in [3.8, 4) is 17.1 Å². The molecule has 0 fully saturated rings. The number of hydrogen-bond acceptors (Lipinski definition) is 6. The van der Waals surface area contributed by atoms with Crippen LogP contribution >= 0.6 is 15.9 Å². The van der Waals surface area contributed by atoms with E-state index in [4.69, 9.17) is 9.47 Å². The molecule has 0 aliphatic heterocycles. The number of alkyl halides is 1. The lowest BCUT2D eigenvalue weighted by molar-refractivity contribution is -0.134. The second kappa shape index (κ2) is 9.45. The molecule has 0 aliphatic carbocycles. The molecule has 0 saturated heterocycles. The lowest BCUT2D eigenvalue weighted by Crippen LogP contribution is -2.28. The van der Waals surface area contributed by atoms with Gasteiger partial charge in [-0.05, 0) is 12.0 Å². The summed E-state index contributed by atoms with van der Waals surface area (Å²) in [6, 6.07) is 7.36. The maximum Gasteiger partial charge on any atom is 0.360 e. The molecule has 0 aliphatic rings. The first-order valence-corrected chi connectivity index (χ1v) is 9.60. The monoisotopic (exact) mass is 436 g/mol. The molecule has 1 aromatic carbocycles. The molecule has 0 radical (unpaired) electrons. The Morgan fingerprint density at radius 2 is 1.89 bits per heavy atom. The molecule has 0 amide bonds. The normalized spacial score (nSPS) is 10.5. The average molecular weight is 437 g/mol. The summed E-state index contributed by atoms with van der Waals surface area (Å²) >= 11 is 3.37. The van der Waals surface area contributed by atoms with Gasteiger partial charge in [0.2, 0.25) is 5.75 Å². The zero-order valence-corrected chi connectivity index (χ0v) is 17.0. The lowest BCUT2D eigenvalue weighted by Gasteiger charge is -2.13. The number of unbranched alkanes of at least 4 members (excludes halogenated alkanes) is 1. The first kappa shape index (κ1) is 20.8. The Labute approximate surface area is 165 Å². The predicted molar refractivity (Wildman–Crippen MR) is 104 cm³/mol. The third kappa shape index (κ3) is 4.82. The molecule has 8 heteroatoms. The summed E-state index contributed by atoms with van der Waals surface area (Å²) in [6.07, 6.45) is 1.58. The molecule has 0 N–H and O–H groups in total. The summed E-state index contributed by atoms with van der Waals surface area (Å²) in [5, 5.41) is 0.694. The summed E-state index contributed by atoms with van der Waals surface area (Å²) in [5.41, 5.74) is 0.756. The number of carbonyl (C=O) groups is 2. The van der Waals surface area contributed by atoms with Gasteiger partial charge in [0, 0.05) is 24.4 Å². The van der Waals surface area contributed by atoms with E-state index in [0.29, 0.717) is 17.3 Å². The van der Waals surface area contributed by atoms with E-state index in [1.165, 1.54) is 18.7 Å². The minimum absolute atomic E-state index is 0.149. The van der Waals surface area contributed by atoms with Crippen molar-refractivity contribution in [3.63, 3.8) is 0 Å². The Hall–Kier alpha value is -2.48.